The Morgan fingerprint density at radius 1 is 1.12 bits per heavy atom. The molecule has 76 valence electrons. The predicted octanol–water partition coefficient (Wildman–Crippen LogP) is 3.15. The van der Waals surface area contributed by atoms with E-state index in [2.05, 4.69) is 5.73 Å². The van der Waals surface area contributed by atoms with Crippen LogP contribution in [0.15, 0.2) is 53.8 Å². The van der Waals surface area contributed by atoms with E-state index in [1.54, 1.807) is 0 Å². The van der Waals surface area contributed by atoms with Crippen LogP contribution >= 0.6 is 0 Å². The number of ketones is 1. The van der Waals surface area contributed by atoms with Gasteiger partial charge in [0.1, 0.15) is 0 Å². The molecule has 2 aliphatic carbocycles. The largest absolute Gasteiger partial charge is 0.294 e. The first-order valence-corrected chi connectivity index (χ1v) is 5.32. The average molecular weight is 206 g/mol. The van der Waals surface area contributed by atoms with Crippen molar-refractivity contribution in [1.29, 1.82) is 0 Å². The minimum atomic E-state index is 0.193. The first-order valence-electron chi connectivity index (χ1n) is 5.32. The van der Waals surface area contributed by atoms with E-state index >= 15 is 0 Å². The minimum Gasteiger partial charge on any atom is -0.294 e. The molecule has 1 heteroatoms. The Morgan fingerprint density at radius 2 is 2.00 bits per heavy atom. The zero-order chi connectivity index (χ0) is 11.0. The zero-order valence-corrected chi connectivity index (χ0v) is 8.73. The minimum absolute atomic E-state index is 0.193. The van der Waals surface area contributed by atoms with Gasteiger partial charge in [0.05, 0.1) is 0 Å². The Bertz CT molecular complexity index is 594. The number of benzene rings is 1. The molecule has 1 aromatic rings. The molecule has 0 amide bonds. The molecule has 16 heavy (non-hydrogen) atoms. The van der Waals surface area contributed by atoms with Crippen LogP contribution < -0.4 is 0 Å². The van der Waals surface area contributed by atoms with Crippen molar-refractivity contribution in [2.24, 2.45) is 0 Å². The molecule has 0 atom stereocenters. The van der Waals surface area contributed by atoms with Crippen molar-refractivity contribution < 1.29 is 4.79 Å². The van der Waals surface area contributed by atoms with Crippen LogP contribution in [-0.2, 0) is 4.79 Å². The number of carbonyl (C=O) groups is 1. The monoisotopic (exact) mass is 206 g/mol. The second-order valence-corrected chi connectivity index (χ2v) is 3.90. The highest BCUT2D eigenvalue weighted by molar-refractivity contribution is 6.24. The summed E-state index contributed by atoms with van der Waals surface area (Å²) in [4.78, 5) is 12.0. The zero-order valence-electron chi connectivity index (χ0n) is 8.73. The number of hydrogen-bond acceptors (Lipinski definition) is 1. The average Bonchev–Trinajstić information content (AvgIpc) is 2.49. The third-order valence-corrected chi connectivity index (χ3v) is 2.88. The fourth-order valence-electron chi connectivity index (χ4n) is 2.14. The molecule has 0 N–H and O–H groups in total. The van der Waals surface area contributed by atoms with Gasteiger partial charge in [0, 0.05) is 12.0 Å². The van der Waals surface area contributed by atoms with Crippen LogP contribution in [0, 0.1) is 0 Å². The second kappa shape index (κ2) is 3.48. The summed E-state index contributed by atoms with van der Waals surface area (Å²) in [6, 6.07) is 7.96. The Morgan fingerprint density at radius 3 is 2.94 bits per heavy atom. The van der Waals surface area contributed by atoms with Crippen LogP contribution in [0.3, 0.4) is 0 Å². The number of fused-ring (bicyclic) bond motifs is 2. The van der Waals surface area contributed by atoms with Crippen molar-refractivity contribution in [3.05, 3.63) is 64.9 Å². The van der Waals surface area contributed by atoms with Crippen molar-refractivity contribution in [3.8, 4) is 0 Å². The third kappa shape index (κ3) is 1.30. The van der Waals surface area contributed by atoms with E-state index in [-0.39, 0.29) is 5.78 Å². The molecule has 0 unspecified atom stereocenters. The van der Waals surface area contributed by atoms with Crippen molar-refractivity contribution in [3.63, 3.8) is 0 Å². The van der Waals surface area contributed by atoms with Crippen molar-refractivity contribution in [2.45, 2.75) is 6.42 Å². The summed E-state index contributed by atoms with van der Waals surface area (Å²) in [6.07, 6.45) is 8.21. The number of hydrogen-bond donors (Lipinski definition) is 0. The smallest absolute Gasteiger partial charge is 0.167 e. The molecule has 0 radical (unpaired) electrons. The number of carbonyl (C=O) groups excluding carboxylic acids is 1. The maximum atomic E-state index is 12.0. The van der Waals surface area contributed by atoms with E-state index in [0.29, 0.717) is 6.42 Å². The maximum Gasteiger partial charge on any atom is 0.167 e. The van der Waals surface area contributed by atoms with Crippen molar-refractivity contribution >= 4 is 17.4 Å². The van der Waals surface area contributed by atoms with E-state index in [1.807, 2.05) is 48.6 Å². The molecule has 1 aromatic carbocycles. The Kier molecular flexibility index (Phi) is 1.99. The molecule has 2 aliphatic rings. The number of rotatable bonds is 0. The third-order valence-electron chi connectivity index (χ3n) is 2.88. The molecule has 3 rings (SSSR count). The van der Waals surface area contributed by atoms with Gasteiger partial charge >= 0.3 is 0 Å². The molecule has 0 aromatic heterocycles. The summed E-state index contributed by atoms with van der Waals surface area (Å²) in [7, 11) is 0. The highest BCUT2D eigenvalue weighted by Gasteiger charge is 2.19. The fourth-order valence-corrected chi connectivity index (χ4v) is 2.14. The molecular formula is C15H10O. The van der Waals surface area contributed by atoms with E-state index in [0.717, 1.165) is 22.3 Å². The molecule has 0 saturated heterocycles. The van der Waals surface area contributed by atoms with E-state index < -0.39 is 0 Å². The molecule has 0 saturated carbocycles. The van der Waals surface area contributed by atoms with Crippen LogP contribution in [0.5, 0.6) is 0 Å². The summed E-state index contributed by atoms with van der Waals surface area (Å²) < 4.78 is 0. The van der Waals surface area contributed by atoms with E-state index in [9.17, 15) is 4.79 Å². The lowest BCUT2D eigenvalue weighted by Gasteiger charge is -2.13. The molecule has 1 nitrogen and oxygen atoms in total. The van der Waals surface area contributed by atoms with Crippen LogP contribution in [0.4, 0.5) is 0 Å². The lowest BCUT2D eigenvalue weighted by atomic mass is 9.89. The second-order valence-electron chi connectivity index (χ2n) is 3.90. The first-order chi connectivity index (χ1) is 7.86. The summed E-state index contributed by atoms with van der Waals surface area (Å²) >= 11 is 0. The van der Waals surface area contributed by atoms with Gasteiger partial charge in [-0.3, -0.25) is 4.79 Å². The van der Waals surface area contributed by atoms with Crippen molar-refractivity contribution in [2.75, 3.05) is 0 Å². The molecule has 0 bridgehead atoms. The Labute approximate surface area is 94.1 Å². The van der Waals surface area contributed by atoms with Gasteiger partial charge < -0.3 is 0 Å². The van der Waals surface area contributed by atoms with Crippen LogP contribution in [0.1, 0.15) is 17.5 Å². The molecule has 0 spiro atoms. The van der Waals surface area contributed by atoms with Gasteiger partial charge in [-0.15, -0.1) is 5.73 Å². The topological polar surface area (TPSA) is 17.1 Å². The van der Waals surface area contributed by atoms with Crippen LogP contribution in [0.25, 0.3) is 11.6 Å². The van der Waals surface area contributed by atoms with Gasteiger partial charge in [-0.05, 0) is 28.9 Å². The lowest BCUT2D eigenvalue weighted by Crippen LogP contribution is -2.06. The number of Topliss-reactive ketones (excluding diaryl/α,β-unsaturated/α-hetero) is 1. The molecule has 0 heterocycles. The van der Waals surface area contributed by atoms with Gasteiger partial charge in [0.2, 0.25) is 0 Å². The number of allylic oxidation sites excluding steroid dienone is 5. The Balaban J connectivity index is 2.35. The van der Waals surface area contributed by atoms with Gasteiger partial charge in [0.25, 0.3) is 0 Å². The fraction of sp³-hybridized carbons (Fsp3) is 0.0667. The van der Waals surface area contributed by atoms with Crippen molar-refractivity contribution in [1.82, 2.24) is 0 Å². The van der Waals surface area contributed by atoms with E-state index in [4.69, 9.17) is 0 Å². The molecular weight excluding hydrogens is 196 g/mol. The Hall–Kier alpha value is -2.11. The predicted molar refractivity (Wildman–Crippen MR) is 64.7 cm³/mol. The van der Waals surface area contributed by atoms with Crippen LogP contribution in [0.2, 0.25) is 0 Å². The van der Waals surface area contributed by atoms with Gasteiger partial charge in [-0.2, -0.15) is 0 Å². The van der Waals surface area contributed by atoms with E-state index in [1.165, 1.54) is 0 Å². The standard InChI is InChI=1S/C15H10O/c16-14-10-4-8-12-7-3-6-11-5-1-2-9-13(11)15(12)14/h1-2,4-9H,10H2. The van der Waals surface area contributed by atoms with Crippen LogP contribution in [-0.4, -0.2) is 5.78 Å². The normalized spacial score (nSPS) is 17.1. The maximum absolute atomic E-state index is 12.0. The SMILES string of the molecule is O=C1CC=CC2=C1c1ccccc1C=C=C2. The lowest BCUT2D eigenvalue weighted by molar-refractivity contribution is -0.113. The summed E-state index contributed by atoms with van der Waals surface area (Å²) in [5, 5.41) is 0. The quantitative estimate of drug-likeness (QED) is 0.596. The summed E-state index contributed by atoms with van der Waals surface area (Å²) in [6.45, 7) is 0. The van der Waals surface area contributed by atoms with Gasteiger partial charge in [-0.25, -0.2) is 0 Å². The highest BCUT2D eigenvalue weighted by atomic mass is 16.1. The molecule has 0 fully saturated rings. The first kappa shape index (κ1) is 9.14. The highest BCUT2D eigenvalue weighted by Crippen LogP contribution is 2.30. The van der Waals surface area contributed by atoms with Gasteiger partial charge in [-0.1, -0.05) is 36.4 Å². The van der Waals surface area contributed by atoms with Gasteiger partial charge in [0.15, 0.2) is 5.78 Å². The summed E-state index contributed by atoms with van der Waals surface area (Å²) in [5.41, 5.74) is 7.00. The molecule has 0 aliphatic heterocycles. The summed E-state index contributed by atoms with van der Waals surface area (Å²) in [5.74, 6) is 0.193.